The first-order chi connectivity index (χ1) is 4.00. The van der Waals surface area contributed by atoms with Crippen LogP contribution in [0.3, 0.4) is 0 Å². The number of carbonyl (C=O) groups excluding carboxylic acids is 1. The molecule has 0 amide bonds. The van der Waals surface area contributed by atoms with Crippen LogP contribution in [0.15, 0.2) is 0 Å². The highest BCUT2D eigenvalue weighted by atomic mass is 16.6. The maximum atomic E-state index is 9.59. The van der Waals surface area contributed by atoms with Gasteiger partial charge in [-0.1, -0.05) is 0 Å². The number of methoxy groups -OCH3 is 1. The molecule has 0 bridgehead atoms. The number of esters is 1. The fourth-order valence-electron chi connectivity index (χ4n) is 0. The largest absolute Gasteiger partial charge is 0.503 e. The van der Waals surface area contributed by atoms with Gasteiger partial charge in [0.1, 0.15) is 0 Å². The quantitative estimate of drug-likeness (QED) is 0.471. The maximum absolute atomic E-state index is 9.59. The van der Waals surface area contributed by atoms with Gasteiger partial charge in [0.05, 0.1) is 7.11 Å². The molecule has 0 fully saturated rings. The molecule has 0 aromatic rings. The zero-order valence-corrected chi connectivity index (χ0v) is 5.12. The Kier molecular flexibility index (Phi) is 7.99. The van der Waals surface area contributed by atoms with Crippen LogP contribution in [0.1, 0.15) is 6.92 Å². The van der Waals surface area contributed by atoms with E-state index in [4.69, 9.17) is 15.0 Å². The highest BCUT2D eigenvalue weighted by Gasteiger charge is 1.75. The van der Waals surface area contributed by atoms with Gasteiger partial charge in [0, 0.05) is 6.92 Å². The molecule has 0 spiro atoms. The third-order valence-corrected chi connectivity index (χ3v) is 0.287. The molecule has 9 heavy (non-hydrogen) atoms. The van der Waals surface area contributed by atoms with Crippen LogP contribution in [-0.4, -0.2) is 29.4 Å². The number of hydrogen-bond acceptors (Lipinski definition) is 3. The van der Waals surface area contributed by atoms with Crippen molar-refractivity contribution in [3.8, 4) is 0 Å². The monoisotopic (exact) mass is 136 g/mol. The fourth-order valence-corrected chi connectivity index (χ4v) is 0. The Morgan fingerprint density at radius 1 is 1.33 bits per heavy atom. The van der Waals surface area contributed by atoms with Crippen molar-refractivity contribution in [2.45, 2.75) is 6.92 Å². The van der Waals surface area contributed by atoms with Gasteiger partial charge in [0.2, 0.25) is 0 Å². The predicted molar refractivity (Wildman–Crippen MR) is 28.3 cm³/mol. The van der Waals surface area contributed by atoms with E-state index in [2.05, 4.69) is 4.74 Å². The molecule has 0 aliphatic heterocycles. The first kappa shape index (κ1) is 10.7. The van der Waals surface area contributed by atoms with Crippen LogP contribution in [0.2, 0.25) is 0 Å². The second kappa shape index (κ2) is 6.74. The van der Waals surface area contributed by atoms with Crippen LogP contribution in [-0.2, 0) is 9.53 Å². The van der Waals surface area contributed by atoms with E-state index in [0.29, 0.717) is 0 Å². The van der Waals surface area contributed by atoms with Crippen molar-refractivity contribution in [1.82, 2.24) is 0 Å². The Bertz CT molecular complexity index is 93.1. The first-order valence-electron chi connectivity index (χ1n) is 1.97. The van der Waals surface area contributed by atoms with Crippen LogP contribution in [0.5, 0.6) is 0 Å². The molecule has 0 aromatic heterocycles. The Balaban J connectivity index is 0. The molecule has 0 saturated carbocycles. The summed E-state index contributed by atoms with van der Waals surface area (Å²) in [6, 6.07) is 0. The molecule has 0 radical (unpaired) electrons. The predicted octanol–water partition coefficient (Wildman–Crippen LogP) is 0.402. The lowest BCUT2D eigenvalue weighted by Crippen LogP contribution is -1.88. The number of ether oxygens (including phenoxy) is 1. The standard InChI is InChI=1S/C3H6O2.CH2O3/c1-3(4)5-2;2-1(3)4/h1-2H3;(H2,2,3,4). The molecular weight excluding hydrogens is 128 g/mol. The van der Waals surface area contributed by atoms with E-state index < -0.39 is 6.16 Å². The van der Waals surface area contributed by atoms with Crippen molar-refractivity contribution in [3.05, 3.63) is 0 Å². The normalized spacial score (nSPS) is 6.44. The highest BCUT2D eigenvalue weighted by Crippen LogP contribution is 1.60. The Morgan fingerprint density at radius 3 is 1.44 bits per heavy atom. The zero-order chi connectivity index (χ0) is 7.86. The molecule has 5 nitrogen and oxygen atoms in total. The second-order valence-electron chi connectivity index (χ2n) is 0.978. The summed E-state index contributed by atoms with van der Waals surface area (Å²) in [7, 11) is 1.35. The third-order valence-electron chi connectivity index (χ3n) is 0.287. The molecule has 0 aliphatic rings. The minimum atomic E-state index is -1.83. The molecule has 0 saturated heterocycles. The van der Waals surface area contributed by atoms with Crippen molar-refractivity contribution in [1.29, 1.82) is 0 Å². The van der Waals surface area contributed by atoms with Gasteiger partial charge in [0.25, 0.3) is 0 Å². The molecule has 0 heterocycles. The summed E-state index contributed by atoms with van der Waals surface area (Å²) in [6.45, 7) is 1.36. The number of carbonyl (C=O) groups is 2. The molecule has 5 heteroatoms. The molecule has 0 atom stereocenters. The summed E-state index contributed by atoms with van der Waals surface area (Å²) < 4.78 is 4.11. The van der Waals surface area contributed by atoms with Crippen LogP contribution >= 0.6 is 0 Å². The summed E-state index contributed by atoms with van der Waals surface area (Å²) in [5.41, 5.74) is 0. The second-order valence-corrected chi connectivity index (χ2v) is 0.978. The molecule has 54 valence electrons. The summed E-state index contributed by atoms with van der Waals surface area (Å²) >= 11 is 0. The van der Waals surface area contributed by atoms with Gasteiger partial charge in [-0.3, -0.25) is 4.79 Å². The summed E-state index contributed by atoms with van der Waals surface area (Å²) in [6.07, 6.45) is -1.83. The molecule has 0 unspecified atom stereocenters. The smallest absolute Gasteiger partial charge is 0.469 e. The molecule has 2 N–H and O–H groups in total. The fraction of sp³-hybridized carbons (Fsp3) is 0.500. The van der Waals surface area contributed by atoms with Gasteiger partial charge >= 0.3 is 12.1 Å². The highest BCUT2D eigenvalue weighted by molar-refractivity contribution is 5.65. The molecule has 0 aliphatic carbocycles. The first-order valence-corrected chi connectivity index (χ1v) is 1.97. The van der Waals surface area contributed by atoms with E-state index in [1.807, 2.05) is 0 Å². The van der Waals surface area contributed by atoms with E-state index in [9.17, 15) is 4.79 Å². The zero-order valence-electron chi connectivity index (χ0n) is 5.12. The Morgan fingerprint density at radius 2 is 1.44 bits per heavy atom. The minimum absolute atomic E-state index is 0.245. The van der Waals surface area contributed by atoms with Crippen molar-refractivity contribution in [2.75, 3.05) is 7.11 Å². The van der Waals surface area contributed by atoms with E-state index in [0.717, 1.165) is 0 Å². The van der Waals surface area contributed by atoms with E-state index >= 15 is 0 Å². The van der Waals surface area contributed by atoms with Crippen LogP contribution < -0.4 is 0 Å². The van der Waals surface area contributed by atoms with Gasteiger partial charge < -0.3 is 14.9 Å². The molecular formula is C4H8O5. The van der Waals surface area contributed by atoms with Crippen LogP contribution in [0, 0.1) is 0 Å². The Labute approximate surface area is 51.9 Å². The Hall–Kier alpha value is -1.26. The summed E-state index contributed by atoms with van der Waals surface area (Å²) in [5.74, 6) is -0.245. The van der Waals surface area contributed by atoms with Crippen molar-refractivity contribution in [3.63, 3.8) is 0 Å². The lowest BCUT2D eigenvalue weighted by Gasteiger charge is -1.80. The van der Waals surface area contributed by atoms with Gasteiger partial charge in [-0.15, -0.1) is 0 Å². The van der Waals surface area contributed by atoms with Crippen molar-refractivity contribution < 1.29 is 24.5 Å². The van der Waals surface area contributed by atoms with Crippen LogP contribution in [0.4, 0.5) is 4.79 Å². The molecule has 0 rings (SSSR count). The van der Waals surface area contributed by atoms with Gasteiger partial charge in [-0.25, -0.2) is 4.79 Å². The van der Waals surface area contributed by atoms with E-state index in [-0.39, 0.29) is 5.97 Å². The number of carboxylic acid groups (broad SMARTS) is 2. The third kappa shape index (κ3) is 277. The van der Waals surface area contributed by atoms with Crippen molar-refractivity contribution in [2.24, 2.45) is 0 Å². The van der Waals surface area contributed by atoms with Crippen LogP contribution in [0.25, 0.3) is 0 Å². The average molecular weight is 136 g/mol. The average Bonchev–Trinajstić information content (AvgIpc) is 1.65. The maximum Gasteiger partial charge on any atom is 0.503 e. The van der Waals surface area contributed by atoms with Gasteiger partial charge in [-0.2, -0.15) is 0 Å². The van der Waals surface area contributed by atoms with Gasteiger partial charge in [-0.05, 0) is 0 Å². The SMILES string of the molecule is COC(C)=O.O=C(O)O. The topological polar surface area (TPSA) is 83.8 Å². The lowest BCUT2D eigenvalue weighted by molar-refractivity contribution is -0.137. The lowest BCUT2D eigenvalue weighted by atomic mass is 10.8. The summed E-state index contributed by atoms with van der Waals surface area (Å²) in [5, 5.41) is 13.9. The molecule has 0 aromatic carbocycles. The number of hydrogen-bond donors (Lipinski definition) is 2. The van der Waals surface area contributed by atoms with Gasteiger partial charge in [0.15, 0.2) is 0 Å². The summed E-state index contributed by atoms with van der Waals surface area (Å²) in [4.78, 5) is 18.1. The van der Waals surface area contributed by atoms with Crippen molar-refractivity contribution >= 4 is 12.1 Å². The van der Waals surface area contributed by atoms with E-state index in [1.165, 1.54) is 14.0 Å². The minimum Gasteiger partial charge on any atom is -0.469 e. The van der Waals surface area contributed by atoms with E-state index in [1.54, 1.807) is 0 Å². The number of rotatable bonds is 0.